The maximum atomic E-state index is 5.70. The highest BCUT2D eigenvalue weighted by atomic mass is 32.1. The van der Waals surface area contributed by atoms with E-state index >= 15 is 0 Å². The van der Waals surface area contributed by atoms with Crippen LogP contribution in [0.3, 0.4) is 0 Å². The molecule has 2 heterocycles. The summed E-state index contributed by atoms with van der Waals surface area (Å²) in [5.74, 6) is 2.42. The van der Waals surface area contributed by atoms with E-state index in [9.17, 15) is 0 Å². The zero-order valence-corrected chi connectivity index (χ0v) is 15.7. The molecule has 0 spiro atoms. The third-order valence-corrected chi connectivity index (χ3v) is 4.35. The monoisotopic (exact) mass is 370 g/mol. The van der Waals surface area contributed by atoms with Crippen molar-refractivity contribution in [3.63, 3.8) is 0 Å². The molecule has 6 heteroatoms. The van der Waals surface area contributed by atoms with Gasteiger partial charge >= 0.3 is 0 Å². The van der Waals surface area contributed by atoms with Crippen molar-refractivity contribution in [2.24, 2.45) is 0 Å². The predicted octanol–water partition coefficient (Wildman–Crippen LogP) is 5.23. The van der Waals surface area contributed by atoms with Crippen molar-refractivity contribution in [3.05, 3.63) is 72.6 Å². The fourth-order valence-electron chi connectivity index (χ4n) is 2.68. The Hall–Kier alpha value is -2.73. The van der Waals surface area contributed by atoms with Crippen LogP contribution in [0, 0.1) is 0 Å². The third kappa shape index (κ3) is 4.26. The molecule has 26 heavy (non-hydrogen) atoms. The van der Waals surface area contributed by atoms with Gasteiger partial charge in [-0.25, -0.2) is 0 Å². The molecule has 0 radical (unpaired) electrons. The van der Waals surface area contributed by atoms with Crippen LogP contribution in [0.2, 0.25) is 0 Å². The van der Waals surface area contributed by atoms with Crippen LogP contribution in [-0.2, 0) is 6.54 Å². The topological polar surface area (TPSA) is 50.8 Å². The van der Waals surface area contributed by atoms with Gasteiger partial charge in [-0.05, 0) is 62.5 Å². The summed E-state index contributed by atoms with van der Waals surface area (Å²) in [6.45, 7) is 5.11. The average Bonchev–Trinajstić information content (AvgIpc) is 3.35. The van der Waals surface area contributed by atoms with Gasteiger partial charge in [0.15, 0.2) is 5.11 Å². The number of hydrogen-bond acceptors (Lipinski definition) is 4. The minimum atomic E-state index is -0.0608. The van der Waals surface area contributed by atoms with Crippen molar-refractivity contribution in [1.29, 1.82) is 0 Å². The molecule has 3 aromatic rings. The van der Waals surface area contributed by atoms with Gasteiger partial charge in [0.1, 0.15) is 17.3 Å². The molecule has 0 bridgehead atoms. The summed E-state index contributed by atoms with van der Waals surface area (Å²) in [5, 5.41) is 3.87. The Morgan fingerprint density at radius 1 is 1.12 bits per heavy atom. The normalized spacial score (nSPS) is 11.8. The lowest BCUT2D eigenvalue weighted by atomic mass is 10.2. The number of ether oxygens (including phenoxy) is 1. The standard InChI is InChI=1S/C20H22N2O3S/c1-3-23-19-10-5-4-9-17(19)21-20(26)22(14-16-8-6-12-24-16)15(2)18-11-7-13-25-18/h4-13,15H,3,14H2,1-2H3,(H,21,26)/t15-/m1/s1. The summed E-state index contributed by atoms with van der Waals surface area (Å²) in [6.07, 6.45) is 3.32. The third-order valence-electron chi connectivity index (χ3n) is 4.02. The van der Waals surface area contributed by atoms with Crippen LogP contribution in [0.25, 0.3) is 0 Å². The van der Waals surface area contributed by atoms with Crippen molar-refractivity contribution in [2.45, 2.75) is 26.4 Å². The first-order valence-corrected chi connectivity index (χ1v) is 8.95. The maximum Gasteiger partial charge on any atom is 0.174 e. The molecule has 0 saturated heterocycles. The minimum absolute atomic E-state index is 0.0608. The van der Waals surface area contributed by atoms with Crippen molar-refractivity contribution in [3.8, 4) is 5.75 Å². The van der Waals surface area contributed by atoms with Gasteiger partial charge in [-0.2, -0.15) is 0 Å². The number of nitrogens with zero attached hydrogens (tertiary/aromatic N) is 1. The number of thiocarbonyl (C=S) groups is 1. The molecule has 5 nitrogen and oxygen atoms in total. The lowest BCUT2D eigenvalue weighted by Gasteiger charge is -2.30. The molecule has 1 aromatic carbocycles. The minimum Gasteiger partial charge on any atom is -0.492 e. The highest BCUT2D eigenvalue weighted by Gasteiger charge is 2.23. The molecule has 0 unspecified atom stereocenters. The lowest BCUT2D eigenvalue weighted by Crippen LogP contribution is -2.36. The highest BCUT2D eigenvalue weighted by molar-refractivity contribution is 7.80. The molecular formula is C20H22N2O3S. The average molecular weight is 370 g/mol. The van der Waals surface area contributed by atoms with E-state index in [0.717, 1.165) is 23.0 Å². The first kappa shape index (κ1) is 18.1. The summed E-state index contributed by atoms with van der Waals surface area (Å²) in [6, 6.07) is 15.3. The van der Waals surface area contributed by atoms with Gasteiger partial charge in [0.05, 0.1) is 37.4 Å². The van der Waals surface area contributed by atoms with Crippen LogP contribution in [0.15, 0.2) is 69.9 Å². The van der Waals surface area contributed by atoms with Crippen LogP contribution in [0.1, 0.15) is 31.4 Å². The molecule has 3 rings (SSSR count). The molecule has 2 aromatic heterocycles. The lowest BCUT2D eigenvalue weighted by molar-refractivity contribution is 0.269. The molecule has 0 aliphatic heterocycles. The molecule has 1 atom stereocenters. The first-order chi connectivity index (χ1) is 12.7. The van der Waals surface area contributed by atoms with Crippen molar-refractivity contribution in [1.82, 2.24) is 4.90 Å². The Labute approximate surface area is 158 Å². The van der Waals surface area contributed by atoms with Gasteiger partial charge in [-0.15, -0.1) is 0 Å². The number of furan rings is 2. The summed E-state index contributed by atoms with van der Waals surface area (Å²) in [5.41, 5.74) is 0.829. The van der Waals surface area contributed by atoms with Crippen molar-refractivity contribution < 1.29 is 13.6 Å². The molecular weight excluding hydrogens is 348 g/mol. The van der Waals surface area contributed by atoms with E-state index in [-0.39, 0.29) is 6.04 Å². The molecule has 136 valence electrons. The highest BCUT2D eigenvalue weighted by Crippen LogP contribution is 2.27. The molecule has 0 aliphatic carbocycles. The maximum absolute atomic E-state index is 5.70. The van der Waals surface area contributed by atoms with Gasteiger partial charge < -0.3 is 23.8 Å². The van der Waals surface area contributed by atoms with Gasteiger partial charge in [0.25, 0.3) is 0 Å². The van der Waals surface area contributed by atoms with Gasteiger partial charge in [-0.3, -0.25) is 0 Å². The van der Waals surface area contributed by atoms with Crippen LogP contribution >= 0.6 is 12.2 Å². The second-order valence-electron chi connectivity index (χ2n) is 5.76. The van der Waals surface area contributed by atoms with Crippen LogP contribution in [0.5, 0.6) is 5.75 Å². The number of nitrogens with one attached hydrogen (secondary N) is 1. The van der Waals surface area contributed by atoms with E-state index < -0.39 is 0 Å². The zero-order valence-electron chi connectivity index (χ0n) is 14.8. The number of hydrogen-bond donors (Lipinski definition) is 1. The largest absolute Gasteiger partial charge is 0.492 e. The molecule has 0 fully saturated rings. The predicted molar refractivity (Wildman–Crippen MR) is 105 cm³/mol. The molecule has 0 saturated carbocycles. The second-order valence-corrected chi connectivity index (χ2v) is 6.14. The number of anilines is 1. The molecule has 0 amide bonds. The smallest absolute Gasteiger partial charge is 0.174 e. The van der Waals surface area contributed by atoms with Gasteiger partial charge in [0, 0.05) is 0 Å². The van der Waals surface area contributed by atoms with Crippen LogP contribution in [0.4, 0.5) is 5.69 Å². The van der Waals surface area contributed by atoms with E-state index in [1.54, 1.807) is 12.5 Å². The first-order valence-electron chi connectivity index (χ1n) is 8.54. The Bertz CT molecular complexity index is 815. The van der Waals surface area contributed by atoms with E-state index in [1.807, 2.05) is 67.3 Å². The summed E-state index contributed by atoms with van der Waals surface area (Å²) in [4.78, 5) is 2.02. The summed E-state index contributed by atoms with van der Waals surface area (Å²) < 4.78 is 16.8. The van der Waals surface area contributed by atoms with E-state index in [1.165, 1.54) is 0 Å². The number of para-hydroxylation sites is 2. The zero-order chi connectivity index (χ0) is 18.4. The SMILES string of the molecule is CCOc1ccccc1NC(=S)N(Cc1ccco1)[C@H](C)c1ccco1. The van der Waals surface area contributed by atoms with Gasteiger partial charge in [0.2, 0.25) is 0 Å². The van der Waals surface area contributed by atoms with Crippen molar-refractivity contribution in [2.75, 3.05) is 11.9 Å². The number of rotatable bonds is 7. The van der Waals surface area contributed by atoms with Crippen molar-refractivity contribution >= 4 is 23.0 Å². The van der Waals surface area contributed by atoms with Crippen LogP contribution < -0.4 is 10.1 Å². The Kier molecular flexibility index (Phi) is 5.96. The summed E-state index contributed by atoms with van der Waals surface area (Å²) >= 11 is 5.70. The molecule has 0 aliphatic rings. The Balaban J connectivity index is 1.82. The Morgan fingerprint density at radius 3 is 2.58 bits per heavy atom. The molecule has 1 N–H and O–H groups in total. The Morgan fingerprint density at radius 2 is 1.88 bits per heavy atom. The van der Waals surface area contributed by atoms with Crippen LogP contribution in [-0.4, -0.2) is 16.6 Å². The number of benzene rings is 1. The quantitative estimate of drug-likeness (QED) is 0.575. The second kappa shape index (κ2) is 8.58. The summed E-state index contributed by atoms with van der Waals surface area (Å²) in [7, 11) is 0. The van der Waals surface area contributed by atoms with E-state index in [4.69, 9.17) is 25.8 Å². The fraction of sp³-hybridized carbons (Fsp3) is 0.250. The van der Waals surface area contributed by atoms with E-state index in [2.05, 4.69) is 5.32 Å². The fourth-order valence-corrected chi connectivity index (χ4v) is 3.01. The van der Waals surface area contributed by atoms with Gasteiger partial charge in [-0.1, -0.05) is 12.1 Å². The van der Waals surface area contributed by atoms with E-state index in [0.29, 0.717) is 18.3 Å².